The summed E-state index contributed by atoms with van der Waals surface area (Å²) in [5.74, 6) is -0.113. The number of benzene rings is 1. The van der Waals surface area contributed by atoms with Gasteiger partial charge in [0.15, 0.2) is 6.61 Å². The highest BCUT2D eigenvalue weighted by Gasteiger charge is 2.14. The summed E-state index contributed by atoms with van der Waals surface area (Å²) >= 11 is 0. The van der Waals surface area contributed by atoms with Crippen LogP contribution >= 0.6 is 0 Å². The second-order valence-electron chi connectivity index (χ2n) is 5.61. The van der Waals surface area contributed by atoms with E-state index >= 15 is 0 Å². The van der Waals surface area contributed by atoms with E-state index in [0.29, 0.717) is 34.7 Å². The summed E-state index contributed by atoms with van der Waals surface area (Å²) in [7, 11) is 0. The summed E-state index contributed by atoms with van der Waals surface area (Å²) < 4.78 is 10.3. The lowest BCUT2D eigenvalue weighted by atomic mass is 10.0. The zero-order chi connectivity index (χ0) is 17.9. The van der Waals surface area contributed by atoms with Gasteiger partial charge in [-0.15, -0.1) is 0 Å². The Morgan fingerprint density at radius 2 is 1.83 bits per heavy atom. The second-order valence-corrected chi connectivity index (χ2v) is 5.61. The number of ether oxygens (including phenoxy) is 1. The third-order valence-electron chi connectivity index (χ3n) is 3.67. The van der Waals surface area contributed by atoms with Crippen LogP contribution in [0.1, 0.15) is 38.5 Å². The number of aliphatic carboxylic acids is 1. The van der Waals surface area contributed by atoms with E-state index in [-0.39, 0.29) is 5.91 Å². The predicted octanol–water partition coefficient (Wildman–Crippen LogP) is 2.30. The molecule has 0 spiro atoms. The Morgan fingerprint density at radius 1 is 1.21 bits per heavy atom. The smallest absolute Gasteiger partial charge is 0.341 e. The molecule has 0 saturated carbocycles. The molecule has 0 radical (unpaired) electrons. The van der Waals surface area contributed by atoms with Gasteiger partial charge in [-0.3, -0.25) is 4.79 Å². The van der Waals surface area contributed by atoms with Gasteiger partial charge in [-0.05, 0) is 51.0 Å². The Kier molecular flexibility index (Phi) is 5.23. The number of hydrogen-bond donors (Lipinski definition) is 2. The zero-order valence-electron chi connectivity index (χ0n) is 14.1. The fourth-order valence-corrected chi connectivity index (χ4v) is 2.47. The van der Waals surface area contributed by atoms with Crippen molar-refractivity contribution in [2.75, 3.05) is 6.61 Å². The highest BCUT2D eigenvalue weighted by atomic mass is 16.5. The average Bonchev–Trinajstić information content (AvgIpc) is 2.82. The van der Waals surface area contributed by atoms with Crippen molar-refractivity contribution in [1.29, 1.82) is 0 Å². The zero-order valence-corrected chi connectivity index (χ0v) is 14.1. The third-order valence-corrected chi connectivity index (χ3v) is 3.67. The molecule has 0 atom stereocenters. The first-order valence-corrected chi connectivity index (χ1v) is 7.45. The highest BCUT2D eigenvalue weighted by molar-refractivity contribution is 5.94. The van der Waals surface area contributed by atoms with Gasteiger partial charge in [-0.25, -0.2) is 4.79 Å². The van der Waals surface area contributed by atoms with Crippen molar-refractivity contribution in [2.45, 2.75) is 34.2 Å². The molecule has 0 aliphatic rings. The van der Waals surface area contributed by atoms with Gasteiger partial charge in [-0.1, -0.05) is 5.16 Å². The minimum atomic E-state index is -1.05. The summed E-state index contributed by atoms with van der Waals surface area (Å²) in [6.45, 7) is 7.07. The van der Waals surface area contributed by atoms with Gasteiger partial charge in [0.2, 0.25) is 0 Å². The van der Waals surface area contributed by atoms with Crippen molar-refractivity contribution in [1.82, 2.24) is 10.5 Å². The first-order valence-electron chi connectivity index (χ1n) is 7.45. The number of aromatic nitrogens is 1. The molecular formula is C17H20N2O5. The molecule has 24 heavy (non-hydrogen) atoms. The average molecular weight is 332 g/mol. The van der Waals surface area contributed by atoms with Crippen LogP contribution in [0.5, 0.6) is 5.75 Å². The molecule has 1 aromatic carbocycles. The second kappa shape index (κ2) is 7.16. The van der Waals surface area contributed by atoms with Crippen LogP contribution in [0.25, 0.3) is 0 Å². The fourth-order valence-electron chi connectivity index (χ4n) is 2.47. The summed E-state index contributed by atoms with van der Waals surface area (Å²) in [6, 6.07) is 3.35. The maximum absolute atomic E-state index is 12.3. The molecule has 0 bridgehead atoms. The van der Waals surface area contributed by atoms with E-state index in [2.05, 4.69) is 10.5 Å². The lowest BCUT2D eigenvalue weighted by Gasteiger charge is -2.13. The molecule has 7 heteroatoms. The van der Waals surface area contributed by atoms with Crippen LogP contribution in [-0.4, -0.2) is 28.7 Å². The van der Waals surface area contributed by atoms with Crippen LogP contribution in [0.3, 0.4) is 0 Å². The van der Waals surface area contributed by atoms with Crippen molar-refractivity contribution >= 4 is 11.9 Å². The number of hydrogen-bond acceptors (Lipinski definition) is 5. The van der Waals surface area contributed by atoms with Crippen LogP contribution in [0.4, 0.5) is 0 Å². The van der Waals surface area contributed by atoms with Gasteiger partial charge in [-0.2, -0.15) is 0 Å². The molecule has 0 unspecified atom stereocenters. The number of carbonyl (C=O) groups excluding carboxylic acids is 1. The fraction of sp³-hybridized carbons (Fsp3) is 0.353. The van der Waals surface area contributed by atoms with E-state index in [0.717, 1.165) is 11.3 Å². The van der Waals surface area contributed by atoms with E-state index in [1.165, 1.54) is 0 Å². The van der Waals surface area contributed by atoms with Crippen LogP contribution in [0.15, 0.2) is 16.7 Å². The molecule has 128 valence electrons. The SMILES string of the molecule is Cc1cc(C(=O)NCc2c(C)noc2C)cc(C)c1OCC(=O)O. The lowest BCUT2D eigenvalue weighted by Crippen LogP contribution is -2.23. The number of nitrogens with one attached hydrogen (secondary N) is 1. The third kappa shape index (κ3) is 3.92. The minimum Gasteiger partial charge on any atom is -0.481 e. The standard InChI is InChI=1S/C17H20N2O5/c1-9-5-13(6-10(2)16(9)23-8-15(20)21)17(22)18-7-14-11(3)19-24-12(14)4/h5-6H,7-8H2,1-4H3,(H,18,22)(H,20,21). The summed E-state index contributed by atoms with van der Waals surface area (Å²) in [4.78, 5) is 23.0. The van der Waals surface area contributed by atoms with Gasteiger partial charge < -0.3 is 19.7 Å². The van der Waals surface area contributed by atoms with Crippen molar-refractivity contribution in [3.63, 3.8) is 0 Å². The minimum absolute atomic E-state index is 0.231. The molecule has 1 amide bonds. The van der Waals surface area contributed by atoms with Crippen molar-refractivity contribution in [3.8, 4) is 5.75 Å². The maximum Gasteiger partial charge on any atom is 0.341 e. The van der Waals surface area contributed by atoms with Crippen LogP contribution in [0.2, 0.25) is 0 Å². The van der Waals surface area contributed by atoms with E-state index in [1.54, 1.807) is 32.9 Å². The van der Waals surface area contributed by atoms with E-state index in [9.17, 15) is 9.59 Å². The number of amides is 1. The normalized spacial score (nSPS) is 10.5. The van der Waals surface area contributed by atoms with Gasteiger partial charge in [0.05, 0.1) is 5.69 Å². The number of nitrogens with zero attached hydrogens (tertiary/aromatic N) is 1. The first kappa shape index (κ1) is 17.5. The van der Waals surface area contributed by atoms with Gasteiger partial charge in [0.1, 0.15) is 11.5 Å². The molecule has 0 fully saturated rings. The predicted molar refractivity (Wildman–Crippen MR) is 86.2 cm³/mol. The molecule has 2 aromatic rings. The summed E-state index contributed by atoms with van der Waals surface area (Å²) in [5, 5.41) is 15.4. The van der Waals surface area contributed by atoms with Crippen LogP contribution < -0.4 is 10.1 Å². The molecule has 2 rings (SSSR count). The Balaban J connectivity index is 2.11. The first-order chi connectivity index (χ1) is 11.3. The van der Waals surface area contributed by atoms with E-state index < -0.39 is 12.6 Å². The molecule has 0 aliphatic carbocycles. The Hall–Kier alpha value is -2.83. The number of carbonyl (C=O) groups is 2. The van der Waals surface area contributed by atoms with Crippen molar-refractivity contribution < 1.29 is 24.0 Å². The molecular weight excluding hydrogens is 312 g/mol. The Bertz CT molecular complexity index is 737. The maximum atomic E-state index is 12.3. The van der Waals surface area contributed by atoms with Gasteiger partial charge in [0.25, 0.3) is 5.91 Å². The van der Waals surface area contributed by atoms with Crippen molar-refractivity contribution in [3.05, 3.63) is 45.8 Å². The molecule has 0 saturated heterocycles. The molecule has 1 heterocycles. The van der Waals surface area contributed by atoms with Gasteiger partial charge in [0, 0.05) is 17.7 Å². The number of rotatable bonds is 6. The topological polar surface area (TPSA) is 102 Å². The summed E-state index contributed by atoms with van der Waals surface area (Å²) in [6.07, 6.45) is 0. The van der Waals surface area contributed by atoms with E-state index in [1.807, 2.05) is 6.92 Å². The lowest BCUT2D eigenvalue weighted by molar-refractivity contribution is -0.139. The Morgan fingerprint density at radius 3 is 2.33 bits per heavy atom. The van der Waals surface area contributed by atoms with Crippen LogP contribution in [0, 0.1) is 27.7 Å². The molecule has 0 aliphatic heterocycles. The van der Waals surface area contributed by atoms with Crippen molar-refractivity contribution in [2.24, 2.45) is 0 Å². The molecule has 1 aromatic heterocycles. The monoisotopic (exact) mass is 332 g/mol. The van der Waals surface area contributed by atoms with E-state index in [4.69, 9.17) is 14.4 Å². The summed E-state index contributed by atoms with van der Waals surface area (Å²) in [5.41, 5.74) is 3.51. The molecule has 7 nitrogen and oxygen atoms in total. The van der Waals surface area contributed by atoms with Gasteiger partial charge >= 0.3 is 5.97 Å². The highest BCUT2D eigenvalue weighted by Crippen LogP contribution is 2.25. The largest absolute Gasteiger partial charge is 0.481 e. The number of aryl methyl sites for hydroxylation is 4. The number of carboxylic acid groups (broad SMARTS) is 1. The molecule has 2 N–H and O–H groups in total. The van der Waals surface area contributed by atoms with Crippen LogP contribution in [-0.2, 0) is 11.3 Å². The number of carboxylic acids is 1. The Labute approximate surface area is 139 Å². The quantitative estimate of drug-likeness (QED) is 0.841.